The number of hydrogen-bond acceptors (Lipinski definition) is 6. The molecule has 2 aromatic heterocycles. The van der Waals surface area contributed by atoms with Gasteiger partial charge in [0.25, 0.3) is 0 Å². The second-order valence-electron chi connectivity index (χ2n) is 7.67. The third-order valence-electron chi connectivity index (χ3n) is 5.64. The summed E-state index contributed by atoms with van der Waals surface area (Å²) in [6.45, 7) is 0. The monoisotopic (exact) mass is 516 g/mol. The molecule has 0 atom stereocenters. The van der Waals surface area contributed by atoms with Gasteiger partial charge in [0.15, 0.2) is 0 Å². The number of carbonyl (C=O) groups is 2. The Morgan fingerprint density at radius 3 is 2.62 bits per heavy atom. The first-order valence-electron chi connectivity index (χ1n) is 10.4. The van der Waals surface area contributed by atoms with Crippen LogP contribution < -0.4 is 10.0 Å². The van der Waals surface area contributed by atoms with Crippen molar-refractivity contribution in [3.63, 3.8) is 0 Å². The van der Waals surface area contributed by atoms with Crippen LogP contribution in [0.3, 0.4) is 0 Å². The Morgan fingerprint density at radius 1 is 1.22 bits per heavy atom. The quantitative estimate of drug-likeness (QED) is 0.285. The first-order chi connectivity index (χ1) is 15.5. The third-order valence-corrected chi connectivity index (χ3v) is 8.29. The predicted octanol–water partition coefficient (Wildman–Crippen LogP) is 2.68. The second-order valence-corrected chi connectivity index (χ2v) is 10.6. The van der Waals surface area contributed by atoms with Crippen molar-refractivity contribution in [2.24, 2.45) is 0 Å². The normalized spacial score (nSPS) is 14.1. The number of pyridine rings is 1. The van der Waals surface area contributed by atoms with E-state index >= 15 is 0 Å². The molecule has 1 fully saturated rings. The van der Waals surface area contributed by atoms with Gasteiger partial charge in [-0.3, -0.25) is 0 Å². The number of aromatic nitrogens is 3. The van der Waals surface area contributed by atoms with E-state index in [0.29, 0.717) is 16.2 Å². The Labute approximate surface area is 196 Å². The van der Waals surface area contributed by atoms with Crippen molar-refractivity contribution in [1.82, 2.24) is 19.4 Å². The number of nitrogens with zero attached hydrogens (tertiary/aromatic N) is 4. The molecule has 7 nitrogen and oxygen atoms in total. The molecule has 0 saturated heterocycles. The molecule has 0 spiro atoms. The standard InChI is InChI=1S/C23H24N4O3SSe/c1-26(19(28)14-32-17-10-4-3-5-11-17)21(29)18-12-15-13-24-23(31-2)25-20(15)27(22(18)30)16-8-6-7-9-16/h3-5,10-13,16H,6-9,14H2,1-2H3. The van der Waals surface area contributed by atoms with Gasteiger partial charge in [-0.25, -0.2) is 0 Å². The maximum absolute atomic E-state index is 13.5. The molecule has 1 aliphatic carbocycles. The molecule has 4 rings (SSSR count). The zero-order chi connectivity index (χ0) is 22.7. The van der Waals surface area contributed by atoms with Gasteiger partial charge in [0.05, 0.1) is 0 Å². The second kappa shape index (κ2) is 9.98. The van der Waals surface area contributed by atoms with E-state index in [0.717, 1.165) is 35.0 Å². The Hall–Kier alpha value is -2.48. The molecule has 0 unspecified atom stereocenters. The van der Waals surface area contributed by atoms with Gasteiger partial charge in [-0.05, 0) is 0 Å². The van der Waals surface area contributed by atoms with E-state index in [2.05, 4.69) is 9.97 Å². The minimum atomic E-state index is -0.577. The van der Waals surface area contributed by atoms with E-state index in [1.165, 1.54) is 24.9 Å². The van der Waals surface area contributed by atoms with E-state index < -0.39 is 5.91 Å². The van der Waals surface area contributed by atoms with E-state index in [4.69, 9.17) is 0 Å². The van der Waals surface area contributed by atoms with Crippen LogP contribution in [-0.2, 0) is 4.79 Å². The zero-order valence-corrected chi connectivity index (χ0v) is 20.5. The molecule has 0 radical (unpaired) electrons. The van der Waals surface area contributed by atoms with Gasteiger partial charge in [-0.1, -0.05) is 0 Å². The van der Waals surface area contributed by atoms with Crippen LogP contribution in [0.15, 0.2) is 52.5 Å². The zero-order valence-electron chi connectivity index (χ0n) is 18.0. The molecule has 0 aliphatic heterocycles. The first kappa shape index (κ1) is 22.7. The van der Waals surface area contributed by atoms with Crippen LogP contribution in [0, 0.1) is 0 Å². The number of benzene rings is 1. The maximum atomic E-state index is 13.5. The van der Waals surface area contributed by atoms with Crippen LogP contribution in [0.5, 0.6) is 0 Å². The molecule has 1 saturated carbocycles. The van der Waals surface area contributed by atoms with E-state index in [1.54, 1.807) is 10.8 Å². The van der Waals surface area contributed by atoms with Crippen molar-refractivity contribution in [2.75, 3.05) is 13.3 Å². The number of imide groups is 1. The molecule has 2 amide bonds. The van der Waals surface area contributed by atoms with Crippen LogP contribution >= 0.6 is 11.8 Å². The predicted molar refractivity (Wildman–Crippen MR) is 127 cm³/mol. The van der Waals surface area contributed by atoms with E-state index in [-0.39, 0.29) is 43.3 Å². The summed E-state index contributed by atoms with van der Waals surface area (Å²) in [4.78, 5) is 49.3. The Balaban J connectivity index is 1.67. The minimum absolute atomic E-state index is 0.00442. The van der Waals surface area contributed by atoms with Gasteiger partial charge >= 0.3 is 197 Å². The number of amides is 2. The Morgan fingerprint density at radius 2 is 1.94 bits per heavy atom. The van der Waals surface area contributed by atoms with Crippen LogP contribution in [0.4, 0.5) is 0 Å². The van der Waals surface area contributed by atoms with Crippen molar-refractivity contribution in [1.29, 1.82) is 0 Å². The van der Waals surface area contributed by atoms with Crippen molar-refractivity contribution in [3.8, 4) is 0 Å². The summed E-state index contributed by atoms with van der Waals surface area (Å²) < 4.78 is 2.74. The van der Waals surface area contributed by atoms with Crippen LogP contribution in [-0.4, -0.2) is 59.5 Å². The SMILES string of the molecule is CSc1ncc2cc(C(=O)N(C)C(=O)C[Se]c3ccccc3)c(=O)n(C3CCCC3)c2n1. The van der Waals surface area contributed by atoms with Gasteiger partial charge in [-0.15, -0.1) is 0 Å². The molecule has 166 valence electrons. The number of rotatable bonds is 6. The average molecular weight is 515 g/mol. The summed E-state index contributed by atoms with van der Waals surface area (Å²) in [6, 6.07) is 11.3. The fourth-order valence-corrected chi connectivity index (χ4v) is 5.99. The van der Waals surface area contributed by atoms with Crippen molar-refractivity contribution in [2.45, 2.75) is 42.2 Å². The summed E-state index contributed by atoms with van der Waals surface area (Å²) >= 11 is 1.33. The number of thioether (sulfide) groups is 1. The van der Waals surface area contributed by atoms with Crippen molar-refractivity contribution >= 4 is 54.0 Å². The molecule has 1 aliphatic rings. The van der Waals surface area contributed by atoms with Gasteiger partial charge in [0.1, 0.15) is 0 Å². The van der Waals surface area contributed by atoms with Crippen molar-refractivity contribution in [3.05, 3.63) is 58.5 Å². The first-order valence-corrected chi connectivity index (χ1v) is 13.7. The van der Waals surface area contributed by atoms with Crippen LogP contribution in [0.25, 0.3) is 11.0 Å². The Kier molecular flexibility index (Phi) is 7.08. The molecule has 1 aromatic carbocycles. The number of hydrogen-bond donors (Lipinski definition) is 0. The molecular formula is C23H24N4O3SSe. The van der Waals surface area contributed by atoms with Gasteiger partial charge in [0, 0.05) is 0 Å². The van der Waals surface area contributed by atoms with Gasteiger partial charge in [0.2, 0.25) is 0 Å². The number of carbonyl (C=O) groups excluding carboxylic acids is 2. The Bertz CT molecular complexity index is 1210. The third kappa shape index (κ3) is 4.65. The fraction of sp³-hybridized carbons (Fsp3) is 0.348. The summed E-state index contributed by atoms with van der Waals surface area (Å²) in [7, 11) is 1.45. The van der Waals surface area contributed by atoms with Crippen LogP contribution in [0.1, 0.15) is 42.1 Å². The fourth-order valence-electron chi connectivity index (χ4n) is 3.91. The summed E-state index contributed by atoms with van der Waals surface area (Å²) in [5, 5.41) is 1.47. The van der Waals surface area contributed by atoms with E-state index in [1.807, 2.05) is 36.6 Å². The van der Waals surface area contributed by atoms with Gasteiger partial charge in [-0.2, -0.15) is 0 Å². The molecule has 32 heavy (non-hydrogen) atoms. The summed E-state index contributed by atoms with van der Waals surface area (Å²) in [5.74, 6) is -0.869. The summed E-state index contributed by atoms with van der Waals surface area (Å²) in [5.41, 5.74) is 0.167. The topological polar surface area (TPSA) is 85.2 Å². The average Bonchev–Trinajstić information content (AvgIpc) is 3.35. The molecule has 0 N–H and O–H groups in total. The molecular weight excluding hydrogens is 491 g/mol. The van der Waals surface area contributed by atoms with Gasteiger partial charge < -0.3 is 0 Å². The van der Waals surface area contributed by atoms with Crippen LogP contribution in [0.2, 0.25) is 5.32 Å². The van der Waals surface area contributed by atoms with Crippen molar-refractivity contribution < 1.29 is 9.59 Å². The van der Waals surface area contributed by atoms with E-state index in [9.17, 15) is 14.4 Å². The molecule has 9 heteroatoms. The molecule has 0 bridgehead atoms. The number of fused-ring (bicyclic) bond motifs is 1. The molecule has 3 aromatic rings. The summed E-state index contributed by atoms with van der Waals surface area (Å²) in [6.07, 6.45) is 7.36. The molecule has 2 heterocycles.